The fraction of sp³-hybridized carbons (Fsp3) is 0.382. The minimum absolute atomic E-state index is 0. The minimum Gasteiger partial charge on any atom is -0.486 e. The third-order valence-corrected chi connectivity index (χ3v) is 13.6. The Bertz CT molecular complexity index is 2970. The maximum Gasteiger partial charge on any atom is 0.349 e. The van der Waals surface area contributed by atoms with Crippen molar-refractivity contribution in [2.75, 3.05) is 65.7 Å². The molecule has 0 saturated carbocycles. The smallest absolute Gasteiger partial charge is 0.349 e. The molecule has 6 aromatic rings. The van der Waals surface area contributed by atoms with E-state index in [0.717, 1.165) is 37.4 Å². The molecule has 0 bridgehead atoms. The number of amides is 1. The van der Waals surface area contributed by atoms with Crippen LogP contribution < -0.4 is 30.0 Å². The molecule has 2 saturated heterocycles. The number of benzene rings is 6. The molecular formula is C55H60Cl2F6N4O9. The van der Waals surface area contributed by atoms with Crippen molar-refractivity contribution in [3.05, 3.63) is 141 Å². The van der Waals surface area contributed by atoms with E-state index < -0.39 is 59.2 Å². The van der Waals surface area contributed by atoms with E-state index in [9.17, 15) is 37.4 Å². The normalized spacial score (nSPS) is 16.9. The molecule has 410 valence electrons. The van der Waals surface area contributed by atoms with Gasteiger partial charge in [-0.1, -0.05) is 67.0 Å². The predicted molar refractivity (Wildman–Crippen MR) is 278 cm³/mol. The van der Waals surface area contributed by atoms with Gasteiger partial charge in [-0.15, -0.1) is 0 Å². The molecule has 0 aliphatic carbocycles. The molecule has 0 aromatic heterocycles. The van der Waals surface area contributed by atoms with Crippen LogP contribution in [0, 0.1) is 11.6 Å². The van der Waals surface area contributed by atoms with Crippen LogP contribution in [-0.4, -0.2) is 115 Å². The van der Waals surface area contributed by atoms with Gasteiger partial charge in [0.25, 0.3) is 5.91 Å². The average Bonchev–Trinajstić information content (AvgIpc) is 4.13. The molecule has 0 spiro atoms. The number of fused-ring (bicyclic) bond motifs is 4. The first-order valence-electron chi connectivity index (χ1n) is 24.1. The maximum atomic E-state index is 15.4. The molecule has 1 amide bonds. The lowest BCUT2D eigenvalue weighted by Crippen LogP contribution is -2.51. The van der Waals surface area contributed by atoms with E-state index in [4.69, 9.17) is 47.9 Å². The number of carbonyl (C=O) groups is 2. The Labute approximate surface area is 445 Å². The molecule has 0 radical (unpaired) electrons. The molecule has 1 unspecified atom stereocenters. The molecule has 10 rings (SSSR count). The molecule has 6 aromatic carbocycles. The number of nitrogens with zero attached hydrogens (tertiary/aromatic N) is 2. The number of halogens is 8. The first-order valence-corrected chi connectivity index (χ1v) is 24.8. The van der Waals surface area contributed by atoms with Crippen molar-refractivity contribution in [1.29, 1.82) is 0 Å². The van der Waals surface area contributed by atoms with Crippen molar-refractivity contribution in [2.24, 2.45) is 5.73 Å². The van der Waals surface area contributed by atoms with Gasteiger partial charge in [-0.05, 0) is 145 Å². The van der Waals surface area contributed by atoms with Crippen molar-refractivity contribution < 1.29 is 70.6 Å². The number of hydrogen-bond acceptors (Lipinski definition) is 11. The number of ether oxygens (including phenoxy) is 4. The Kier molecular flexibility index (Phi) is 20.3. The lowest BCUT2D eigenvalue weighted by molar-refractivity contribution is -0.149. The van der Waals surface area contributed by atoms with E-state index >= 15 is 8.78 Å². The van der Waals surface area contributed by atoms with Crippen molar-refractivity contribution in [1.82, 2.24) is 15.1 Å². The Balaban J connectivity index is 0.000000203. The predicted octanol–water partition coefficient (Wildman–Crippen LogP) is 9.46. The lowest BCUT2D eigenvalue weighted by atomic mass is 9.99. The highest BCUT2D eigenvalue weighted by molar-refractivity contribution is 6.31. The molecule has 7 N–H and O–H groups in total. The van der Waals surface area contributed by atoms with Crippen LogP contribution >= 0.6 is 23.2 Å². The van der Waals surface area contributed by atoms with Gasteiger partial charge in [0, 0.05) is 40.3 Å². The summed E-state index contributed by atoms with van der Waals surface area (Å²) in [5, 5.41) is 27.4. The summed E-state index contributed by atoms with van der Waals surface area (Å²) < 4.78 is 107. The highest BCUT2D eigenvalue weighted by Crippen LogP contribution is 2.39. The Hall–Kier alpha value is -5.90. The monoisotopic (exact) mass is 1100 g/mol. The average molecular weight is 1110 g/mol. The summed E-state index contributed by atoms with van der Waals surface area (Å²) in [7, 11) is 0. The molecule has 4 aliphatic heterocycles. The van der Waals surface area contributed by atoms with Gasteiger partial charge in [0.1, 0.15) is 32.5 Å². The third kappa shape index (κ3) is 14.2. The van der Waals surface area contributed by atoms with Gasteiger partial charge in [0.2, 0.25) is 0 Å². The van der Waals surface area contributed by atoms with Crippen molar-refractivity contribution in [3.63, 3.8) is 0 Å². The molecule has 2 fully saturated rings. The Morgan fingerprint density at radius 3 is 1.55 bits per heavy atom. The zero-order valence-electron chi connectivity index (χ0n) is 40.4. The van der Waals surface area contributed by atoms with Crippen LogP contribution in [0.1, 0.15) is 67.6 Å². The molecule has 76 heavy (non-hydrogen) atoms. The summed E-state index contributed by atoms with van der Waals surface area (Å²) in [6, 6.07) is 21.5. The zero-order valence-corrected chi connectivity index (χ0v) is 41.9. The van der Waals surface area contributed by atoms with Gasteiger partial charge in [0.15, 0.2) is 40.9 Å². The van der Waals surface area contributed by atoms with E-state index in [-0.39, 0.29) is 67.3 Å². The van der Waals surface area contributed by atoms with Gasteiger partial charge in [-0.25, -0.2) is 8.78 Å². The van der Waals surface area contributed by atoms with Gasteiger partial charge in [-0.2, -0.15) is 17.6 Å². The number of aliphatic hydroxyl groups excluding tert-OH is 2. The van der Waals surface area contributed by atoms with Crippen molar-refractivity contribution in [2.45, 2.75) is 69.2 Å². The first-order chi connectivity index (χ1) is 35.4. The van der Waals surface area contributed by atoms with Crippen LogP contribution in [0.3, 0.4) is 0 Å². The highest BCUT2D eigenvalue weighted by Gasteiger charge is 2.43. The summed E-state index contributed by atoms with van der Waals surface area (Å²) in [5.41, 5.74) is 5.80. The van der Waals surface area contributed by atoms with E-state index in [1.807, 2.05) is 4.90 Å². The summed E-state index contributed by atoms with van der Waals surface area (Å²) in [4.78, 5) is 27.4. The van der Waals surface area contributed by atoms with Crippen molar-refractivity contribution >= 4 is 56.9 Å². The van der Waals surface area contributed by atoms with Crippen LogP contribution in [0.15, 0.2) is 97.1 Å². The van der Waals surface area contributed by atoms with E-state index in [1.54, 1.807) is 42.5 Å². The van der Waals surface area contributed by atoms with Gasteiger partial charge in [-0.3, -0.25) is 9.59 Å². The number of rotatable bonds is 13. The van der Waals surface area contributed by atoms with E-state index in [1.165, 1.54) is 61.4 Å². The maximum absolute atomic E-state index is 15.4. The van der Waals surface area contributed by atoms with E-state index in [2.05, 4.69) is 10.2 Å². The fourth-order valence-corrected chi connectivity index (χ4v) is 9.57. The minimum atomic E-state index is -3.88. The Morgan fingerprint density at radius 1 is 0.632 bits per heavy atom. The number of nitrogens with two attached hydrogens (primary N) is 1. The number of nitrogens with one attached hydrogen (secondary N) is 1. The summed E-state index contributed by atoms with van der Waals surface area (Å²) >= 11 is 11.7. The molecule has 4 aliphatic rings. The molecule has 4 heterocycles. The summed E-state index contributed by atoms with van der Waals surface area (Å²) in [6.07, 6.45) is 1.44. The van der Waals surface area contributed by atoms with Crippen LogP contribution in [0.25, 0.3) is 21.5 Å². The highest BCUT2D eigenvalue weighted by atomic mass is 35.5. The topological polar surface area (TPSA) is 188 Å². The summed E-state index contributed by atoms with van der Waals surface area (Å²) in [5.74, 6) is -9.62. The second-order valence-corrected chi connectivity index (χ2v) is 19.3. The van der Waals surface area contributed by atoms with Gasteiger partial charge >= 0.3 is 11.8 Å². The Morgan fingerprint density at radius 2 is 1.05 bits per heavy atom. The molecular weight excluding hydrogens is 1050 g/mol. The first kappa shape index (κ1) is 59.3. The SMILES string of the molecule is C.N[C@H](CN1CCCC1)C(O)c1cc(F)c2c(c1)OCCO2.O.O=C(N[C@H](CN1CCCC1)[C@H](O)c1cc(F)c2c(c1)OCCO2)C(F)(F)c1ccc2cc(Cl)ccc2c1.O=CC(F)(F)c1ccc2cc(Cl)ccc2c1. The van der Waals surface area contributed by atoms with Crippen molar-refractivity contribution in [3.8, 4) is 23.0 Å². The van der Waals surface area contributed by atoms with Gasteiger partial charge < -0.3 is 55.5 Å². The summed E-state index contributed by atoms with van der Waals surface area (Å²) in [6.45, 7) is 5.28. The molecule has 4 atom stereocenters. The number of hydrogen-bond donors (Lipinski definition) is 4. The van der Waals surface area contributed by atoms with Crippen LogP contribution in [0.5, 0.6) is 23.0 Å². The second-order valence-electron chi connectivity index (χ2n) is 18.4. The number of likely N-dealkylation sites (tertiary alicyclic amines) is 2. The second kappa shape index (κ2) is 26.0. The number of alkyl halides is 4. The van der Waals surface area contributed by atoms with Crippen LogP contribution in [0.2, 0.25) is 10.0 Å². The molecule has 13 nitrogen and oxygen atoms in total. The zero-order chi connectivity index (χ0) is 52.7. The third-order valence-electron chi connectivity index (χ3n) is 13.1. The fourth-order valence-electron chi connectivity index (χ4n) is 9.21. The quantitative estimate of drug-likeness (QED) is 0.0638. The number of carbonyl (C=O) groups excluding carboxylic acids is 2. The van der Waals surface area contributed by atoms with Gasteiger partial charge in [0.05, 0.1) is 12.1 Å². The number of aliphatic hydroxyl groups is 2. The largest absolute Gasteiger partial charge is 0.486 e. The van der Waals surface area contributed by atoms with E-state index in [0.29, 0.717) is 70.4 Å². The number of aldehydes is 1. The molecule has 21 heteroatoms. The standard InChI is InChI=1S/C27H26ClF3N2O4.C15H21FN2O3.C12H7ClF2O.CH4.H2O/c28-20-6-4-16-11-19(5-3-17(16)12-20)27(30,31)26(35)32-22(15-33-7-1-2-8-33)24(34)18-13-21(29)25-23(14-18)36-9-10-37-25;16-11-7-10(8-13-15(11)21-6-5-20-13)14(19)12(17)9-18-3-1-2-4-18;13-11-4-2-8-5-10(12(14,15)7-16)3-1-9(8)6-11;;/h3-6,11-14,22,24,34H,1-2,7-10,15H2,(H,32,35);7-8,12,14,19H,1-6,9,17H2;1-7H;1H4;1H2/t22-,24-;12-,14?;;;/m11.../s1. The van der Waals surface area contributed by atoms with Crippen LogP contribution in [0.4, 0.5) is 26.3 Å². The van der Waals surface area contributed by atoms with Crippen LogP contribution in [-0.2, 0) is 21.4 Å². The lowest BCUT2D eigenvalue weighted by Gasteiger charge is -2.30.